The van der Waals surface area contributed by atoms with E-state index in [1.165, 1.54) is 0 Å². The Balaban J connectivity index is 2.19. The lowest BCUT2D eigenvalue weighted by Gasteiger charge is -2.11. The van der Waals surface area contributed by atoms with E-state index in [9.17, 15) is 13.2 Å². The quantitative estimate of drug-likeness (QED) is 0.889. The molecule has 2 N–H and O–H groups in total. The molecule has 0 heterocycles. The Morgan fingerprint density at radius 3 is 2.05 bits per heavy atom. The highest BCUT2D eigenvalue weighted by molar-refractivity contribution is 7.94. The van der Waals surface area contributed by atoms with Gasteiger partial charge in [-0.3, -0.25) is 9.52 Å². The summed E-state index contributed by atoms with van der Waals surface area (Å²) in [5, 5.41) is 7.26. The summed E-state index contributed by atoms with van der Waals surface area (Å²) in [6.07, 6.45) is 0. The van der Waals surface area contributed by atoms with Crippen LogP contribution in [0.3, 0.4) is 0 Å². The van der Waals surface area contributed by atoms with E-state index in [1.54, 1.807) is 24.3 Å². The molecule has 2 rings (SSSR count). The number of anilines is 1. The molecule has 5 nitrogen and oxygen atoms in total. The number of benzene rings is 2. The van der Waals surface area contributed by atoms with Crippen molar-refractivity contribution < 1.29 is 18.3 Å². The van der Waals surface area contributed by atoms with Crippen LogP contribution < -0.4 is 4.72 Å². The van der Waals surface area contributed by atoms with Gasteiger partial charge in [0.05, 0.1) is 0 Å². The van der Waals surface area contributed by atoms with Crippen LogP contribution in [0, 0.1) is 0 Å². The summed E-state index contributed by atoms with van der Waals surface area (Å²) in [7, 11) is -3.94. The first-order valence-corrected chi connectivity index (χ1v) is 7.85. The summed E-state index contributed by atoms with van der Waals surface area (Å²) in [4.78, 5) is 10.8. The van der Waals surface area contributed by atoms with Gasteiger partial charge in [0, 0.05) is 5.69 Å². The Hall–Kier alpha value is -2.34. The van der Waals surface area contributed by atoms with E-state index in [0.29, 0.717) is 5.69 Å². The van der Waals surface area contributed by atoms with E-state index < -0.39 is 21.2 Å². The molecule has 0 spiro atoms. The maximum atomic E-state index is 11.8. The van der Waals surface area contributed by atoms with Crippen LogP contribution in [0.1, 0.15) is 6.92 Å². The largest absolute Gasteiger partial charge is 0.480 e. The molecular formula is C15H15NO4S. The molecule has 1 atom stereocenters. The average Bonchev–Trinajstić information content (AvgIpc) is 2.47. The molecule has 1 unspecified atom stereocenters. The van der Waals surface area contributed by atoms with E-state index in [4.69, 9.17) is 5.11 Å². The molecule has 0 aliphatic heterocycles. The fourth-order valence-corrected chi connectivity index (χ4v) is 2.65. The van der Waals surface area contributed by atoms with Gasteiger partial charge >= 0.3 is 5.97 Å². The second-order valence-corrected chi connectivity index (χ2v) is 6.57. The van der Waals surface area contributed by atoms with E-state index in [-0.39, 0.29) is 0 Å². The van der Waals surface area contributed by atoms with Crippen LogP contribution in [-0.4, -0.2) is 24.7 Å². The van der Waals surface area contributed by atoms with Crippen molar-refractivity contribution in [3.8, 4) is 11.1 Å². The fraction of sp³-hybridized carbons (Fsp3) is 0.133. The zero-order chi connectivity index (χ0) is 15.5. The zero-order valence-corrected chi connectivity index (χ0v) is 12.2. The van der Waals surface area contributed by atoms with Gasteiger partial charge in [0.1, 0.15) is 0 Å². The standard InChI is InChI=1S/C15H15NO4S/c1-11(15(17)18)21(19,20)16-14-9-7-13(8-10-14)12-5-3-2-4-6-12/h2-11,16H,1H3,(H,17,18). The first-order chi connectivity index (χ1) is 9.90. The van der Waals surface area contributed by atoms with Crippen molar-refractivity contribution in [1.82, 2.24) is 0 Å². The number of sulfonamides is 1. The number of carboxylic acids is 1. The molecule has 110 valence electrons. The molecule has 2 aromatic rings. The lowest BCUT2D eigenvalue weighted by molar-refractivity contribution is -0.136. The lowest BCUT2D eigenvalue weighted by atomic mass is 10.1. The Morgan fingerprint density at radius 1 is 1.00 bits per heavy atom. The Morgan fingerprint density at radius 2 is 1.52 bits per heavy atom. The van der Waals surface area contributed by atoms with Crippen molar-refractivity contribution in [2.45, 2.75) is 12.2 Å². The average molecular weight is 305 g/mol. The predicted molar refractivity (Wildman–Crippen MR) is 81.5 cm³/mol. The molecular weight excluding hydrogens is 290 g/mol. The van der Waals surface area contributed by atoms with Gasteiger partial charge in [-0.15, -0.1) is 0 Å². The first-order valence-electron chi connectivity index (χ1n) is 6.30. The third-order valence-corrected chi connectivity index (χ3v) is 4.72. The third kappa shape index (κ3) is 3.61. The van der Waals surface area contributed by atoms with Crippen molar-refractivity contribution in [3.63, 3.8) is 0 Å². The number of hydrogen-bond acceptors (Lipinski definition) is 3. The number of nitrogens with one attached hydrogen (secondary N) is 1. The highest BCUT2D eigenvalue weighted by atomic mass is 32.2. The van der Waals surface area contributed by atoms with Crippen LogP contribution in [0.15, 0.2) is 54.6 Å². The van der Waals surface area contributed by atoms with Gasteiger partial charge < -0.3 is 5.11 Å². The predicted octanol–water partition coefficient (Wildman–Crippen LogP) is 2.57. The number of carboxylic acid groups (broad SMARTS) is 1. The molecule has 0 aromatic heterocycles. The summed E-state index contributed by atoms with van der Waals surface area (Å²) >= 11 is 0. The molecule has 21 heavy (non-hydrogen) atoms. The fourth-order valence-electron chi connectivity index (χ4n) is 1.75. The minimum Gasteiger partial charge on any atom is -0.480 e. The van der Waals surface area contributed by atoms with E-state index in [1.807, 2.05) is 30.3 Å². The SMILES string of the molecule is CC(C(=O)O)S(=O)(=O)Nc1ccc(-c2ccccc2)cc1. The number of carbonyl (C=O) groups is 1. The van der Waals surface area contributed by atoms with Crippen molar-refractivity contribution in [1.29, 1.82) is 0 Å². The van der Waals surface area contributed by atoms with Gasteiger partial charge in [-0.2, -0.15) is 0 Å². The molecule has 0 saturated carbocycles. The van der Waals surface area contributed by atoms with Gasteiger partial charge in [0.25, 0.3) is 0 Å². The second kappa shape index (κ2) is 5.97. The second-order valence-electron chi connectivity index (χ2n) is 4.57. The maximum absolute atomic E-state index is 11.8. The normalized spacial score (nSPS) is 12.6. The van der Waals surface area contributed by atoms with Crippen LogP contribution in [-0.2, 0) is 14.8 Å². The van der Waals surface area contributed by atoms with Crippen LogP contribution in [0.4, 0.5) is 5.69 Å². The zero-order valence-electron chi connectivity index (χ0n) is 11.4. The number of aliphatic carboxylic acids is 1. The molecule has 0 aliphatic rings. The van der Waals surface area contributed by atoms with Crippen LogP contribution >= 0.6 is 0 Å². The summed E-state index contributed by atoms with van der Waals surface area (Å²) in [5.74, 6) is -1.39. The number of rotatable bonds is 5. The van der Waals surface area contributed by atoms with E-state index in [0.717, 1.165) is 18.1 Å². The topological polar surface area (TPSA) is 83.5 Å². The summed E-state index contributed by atoms with van der Waals surface area (Å²) in [5.41, 5.74) is 2.30. The van der Waals surface area contributed by atoms with Crippen LogP contribution in [0.5, 0.6) is 0 Å². The molecule has 2 aromatic carbocycles. The molecule has 0 amide bonds. The van der Waals surface area contributed by atoms with Crippen molar-refractivity contribution >= 4 is 21.7 Å². The molecule has 0 radical (unpaired) electrons. The third-order valence-electron chi connectivity index (χ3n) is 3.07. The molecule has 0 aliphatic carbocycles. The summed E-state index contributed by atoms with van der Waals surface area (Å²) < 4.78 is 25.9. The molecule has 0 fully saturated rings. The lowest BCUT2D eigenvalue weighted by Crippen LogP contribution is -2.32. The van der Waals surface area contributed by atoms with Crippen LogP contribution in [0.2, 0.25) is 0 Å². The van der Waals surface area contributed by atoms with Crippen molar-refractivity contribution in [2.24, 2.45) is 0 Å². The Bertz CT molecular complexity index is 724. The van der Waals surface area contributed by atoms with Gasteiger partial charge in [-0.05, 0) is 30.2 Å². The number of hydrogen-bond donors (Lipinski definition) is 2. The molecule has 0 saturated heterocycles. The van der Waals surface area contributed by atoms with Gasteiger partial charge in [-0.25, -0.2) is 8.42 Å². The smallest absolute Gasteiger partial charge is 0.323 e. The monoisotopic (exact) mass is 305 g/mol. The molecule has 6 heteroatoms. The van der Waals surface area contributed by atoms with Gasteiger partial charge in [0.2, 0.25) is 10.0 Å². The van der Waals surface area contributed by atoms with E-state index in [2.05, 4.69) is 4.72 Å². The summed E-state index contributed by atoms with van der Waals surface area (Å²) in [6.45, 7) is 1.13. The summed E-state index contributed by atoms with van der Waals surface area (Å²) in [6, 6.07) is 16.4. The first kappa shape index (κ1) is 15.1. The van der Waals surface area contributed by atoms with Gasteiger partial charge in [-0.1, -0.05) is 42.5 Å². The highest BCUT2D eigenvalue weighted by Crippen LogP contribution is 2.21. The van der Waals surface area contributed by atoms with Crippen molar-refractivity contribution in [2.75, 3.05) is 4.72 Å². The highest BCUT2D eigenvalue weighted by Gasteiger charge is 2.27. The van der Waals surface area contributed by atoms with Crippen molar-refractivity contribution in [3.05, 3.63) is 54.6 Å². The Labute approximate surface area is 123 Å². The van der Waals surface area contributed by atoms with E-state index >= 15 is 0 Å². The van der Waals surface area contributed by atoms with Crippen LogP contribution in [0.25, 0.3) is 11.1 Å². The van der Waals surface area contributed by atoms with Gasteiger partial charge in [0.15, 0.2) is 5.25 Å². The minimum atomic E-state index is -3.94. The molecule has 0 bridgehead atoms. The maximum Gasteiger partial charge on any atom is 0.323 e. The minimum absolute atomic E-state index is 0.336. The Kier molecular flexibility index (Phi) is 4.28.